The Balaban J connectivity index is 1.67. The number of hydrogen-bond acceptors (Lipinski definition) is 5. The third-order valence-corrected chi connectivity index (χ3v) is 4.57. The largest absolute Gasteiger partial charge is 0.508 e. The van der Waals surface area contributed by atoms with Gasteiger partial charge in [-0.3, -0.25) is 0 Å². The summed E-state index contributed by atoms with van der Waals surface area (Å²) in [6.07, 6.45) is -2.87. The minimum absolute atomic E-state index is 0.148. The second kappa shape index (κ2) is 8.89. The van der Waals surface area contributed by atoms with Crippen LogP contribution in [0.1, 0.15) is 11.1 Å². The molecule has 2 N–H and O–H groups in total. The molecule has 3 aromatic carbocycles. The molecule has 0 spiro atoms. The van der Waals surface area contributed by atoms with Crippen molar-refractivity contribution in [2.75, 3.05) is 5.43 Å². The van der Waals surface area contributed by atoms with Crippen LogP contribution in [0.25, 0.3) is 22.5 Å². The molecule has 1 heterocycles. The monoisotopic (exact) mass is 434 g/mol. The van der Waals surface area contributed by atoms with Gasteiger partial charge < -0.3 is 5.11 Å². The summed E-state index contributed by atoms with van der Waals surface area (Å²) in [4.78, 5) is 8.88. The minimum Gasteiger partial charge on any atom is -0.508 e. The fraction of sp³-hybridized carbons (Fsp3) is 0.0417. The zero-order valence-corrected chi connectivity index (χ0v) is 16.6. The molecular weight excluding hydrogens is 417 g/mol. The van der Waals surface area contributed by atoms with E-state index in [2.05, 4.69) is 20.5 Å². The highest BCUT2D eigenvalue weighted by molar-refractivity contribution is 5.80. The maximum absolute atomic E-state index is 12.9. The van der Waals surface area contributed by atoms with Gasteiger partial charge in [-0.1, -0.05) is 42.5 Å². The molecule has 160 valence electrons. The molecule has 4 aromatic rings. The molecule has 0 saturated carbocycles. The second-order valence-electron chi connectivity index (χ2n) is 6.86. The van der Waals surface area contributed by atoms with Gasteiger partial charge in [0, 0.05) is 11.1 Å². The molecule has 0 aliphatic carbocycles. The van der Waals surface area contributed by atoms with Gasteiger partial charge in [0.25, 0.3) is 0 Å². The Kier molecular flexibility index (Phi) is 5.85. The van der Waals surface area contributed by atoms with Gasteiger partial charge in [-0.25, -0.2) is 15.4 Å². The fourth-order valence-corrected chi connectivity index (χ4v) is 2.96. The van der Waals surface area contributed by atoms with Crippen LogP contribution in [0.3, 0.4) is 0 Å². The molecule has 4 rings (SSSR count). The van der Waals surface area contributed by atoms with Crippen molar-refractivity contribution in [2.24, 2.45) is 5.10 Å². The van der Waals surface area contributed by atoms with E-state index in [4.69, 9.17) is 0 Å². The average Bonchev–Trinajstić information content (AvgIpc) is 2.80. The van der Waals surface area contributed by atoms with Crippen molar-refractivity contribution in [1.29, 1.82) is 0 Å². The molecule has 0 unspecified atom stereocenters. The third-order valence-electron chi connectivity index (χ3n) is 4.57. The quantitative estimate of drug-likeness (QED) is 0.299. The second-order valence-corrected chi connectivity index (χ2v) is 6.86. The zero-order valence-electron chi connectivity index (χ0n) is 16.6. The standard InChI is InChI=1S/C24H17F3N4O/c25-24(26,27)19-10-8-18(9-11-19)22-14-21(17-4-2-1-3-5-17)29-23(30-22)31-28-15-16-6-12-20(32)13-7-16/h1-15,32H,(H,29,30,31)/b28-15+. The van der Waals surface area contributed by atoms with E-state index in [1.54, 1.807) is 18.2 Å². The number of benzene rings is 3. The number of nitrogens with zero attached hydrogens (tertiary/aromatic N) is 3. The summed E-state index contributed by atoms with van der Waals surface area (Å²) >= 11 is 0. The van der Waals surface area contributed by atoms with E-state index in [1.165, 1.54) is 30.5 Å². The van der Waals surface area contributed by atoms with E-state index in [0.29, 0.717) is 17.0 Å². The summed E-state index contributed by atoms with van der Waals surface area (Å²) in [6, 6.07) is 22.3. The topological polar surface area (TPSA) is 70.4 Å². The molecule has 1 aromatic heterocycles. The maximum atomic E-state index is 12.9. The lowest BCUT2D eigenvalue weighted by Crippen LogP contribution is -2.04. The summed E-state index contributed by atoms with van der Waals surface area (Å²) in [5, 5.41) is 13.5. The summed E-state index contributed by atoms with van der Waals surface area (Å²) in [5.41, 5.74) is 5.18. The molecule has 32 heavy (non-hydrogen) atoms. The molecule has 0 aliphatic heterocycles. The first-order valence-electron chi connectivity index (χ1n) is 9.59. The zero-order chi connectivity index (χ0) is 22.6. The van der Waals surface area contributed by atoms with Crippen LogP contribution < -0.4 is 5.43 Å². The number of nitrogens with one attached hydrogen (secondary N) is 1. The van der Waals surface area contributed by atoms with E-state index in [1.807, 2.05) is 30.3 Å². The van der Waals surface area contributed by atoms with Gasteiger partial charge >= 0.3 is 6.18 Å². The van der Waals surface area contributed by atoms with Crippen molar-refractivity contribution in [3.8, 4) is 28.3 Å². The Hall–Kier alpha value is -4.20. The Morgan fingerprint density at radius 2 is 1.38 bits per heavy atom. The number of alkyl halides is 3. The van der Waals surface area contributed by atoms with Crippen LogP contribution in [0.4, 0.5) is 19.1 Å². The molecule has 0 saturated heterocycles. The number of aromatic hydroxyl groups is 1. The van der Waals surface area contributed by atoms with Crippen LogP contribution >= 0.6 is 0 Å². The number of anilines is 1. The summed E-state index contributed by atoms with van der Waals surface area (Å²) in [6.45, 7) is 0. The van der Waals surface area contributed by atoms with Crippen molar-refractivity contribution < 1.29 is 18.3 Å². The predicted octanol–water partition coefficient (Wildman–Crippen LogP) is 5.98. The Labute approximate surface area is 181 Å². The van der Waals surface area contributed by atoms with Crippen molar-refractivity contribution in [3.05, 3.63) is 96.1 Å². The van der Waals surface area contributed by atoms with Crippen molar-refractivity contribution >= 4 is 12.2 Å². The normalized spacial score (nSPS) is 11.6. The fourth-order valence-electron chi connectivity index (χ4n) is 2.96. The molecule has 0 aliphatic rings. The number of hydrazone groups is 1. The maximum Gasteiger partial charge on any atom is 0.416 e. The molecule has 5 nitrogen and oxygen atoms in total. The van der Waals surface area contributed by atoms with Gasteiger partial charge in [-0.05, 0) is 48.0 Å². The van der Waals surface area contributed by atoms with Gasteiger partial charge in [0.2, 0.25) is 5.95 Å². The number of aromatic nitrogens is 2. The molecule has 0 bridgehead atoms. The smallest absolute Gasteiger partial charge is 0.416 e. The molecular formula is C24H17F3N4O. The molecule has 0 radical (unpaired) electrons. The molecule has 0 atom stereocenters. The van der Waals surface area contributed by atoms with Crippen LogP contribution in [-0.4, -0.2) is 21.3 Å². The highest BCUT2D eigenvalue weighted by Gasteiger charge is 2.30. The van der Waals surface area contributed by atoms with Crippen molar-refractivity contribution in [2.45, 2.75) is 6.18 Å². The van der Waals surface area contributed by atoms with Gasteiger partial charge in [-0.2, -0.15) is 18.3 Å². The van der Waals surface area contributed by atoms with Crippen molar-refractivity contribution in [1.82, 2.24) is 9.97 Å². The van der Waals surface area contributed by atoms with E-state index in [-0.39, 0.29) is 11.7 Å². The van der Waals surface area contributed by atoms with Crippen LogP contribution in [-0.2, 0) is 6.18 Å². The van der Waals surface area contributed by atoms with Crippen LogP contribution in [0, 0.1) is 0 Å². The highest BCUT2D eigenvalue weighted by atomic mass is 19.4. The van der Waals surface area contributed by atoms with Crippen LogP contribution in [0.5, 0.6) is 5.75 Å². The predicted molar refractivity (Wildman–Crippen MR) is 117 cm³/mol. The number of hydrogen-bond donors (Lipinski definition) is 2. The molecule has 8 heteroatoms. The van der Waals surface area contributed by atoms with Crippen LogP contribution in [0.2, 0.25) is 0 Å². The van der Waals surface area contributed by atoms with Crippen molar-refractivity contribution in [3.63, 3.8) is 0 Å². The summed E-state index contributed by atoms with van der Waals surface area (Å²) in [5.74, 6) is 0.339. The number of halogens is 3. The first-order chi connectivity index (χ1) is 15.4. The van der Waals surface area contributed by atoms with Gasteiger partial charge in [0.05, 0.1) is 23.2 Å². The minimum atomic E-state index is -4.41. The number of phenolic OH excluding ortho intramolecular Hbond substituents is 1. The summed E-state index contributed by atoms with van der Waals surface area (Å²) < 4.78 is 38.7. The molecule has 0 fully saturated rings. The lowest BCUT2D eigenvalue weighted by atomic mass is 10.1. The van der Waals surface area contributed by atoms with E-state index >= 15 is 0 Å². The van der Waals surface area contributed by atoms with Gasteiger partial charge in [-0.15, -0.1) is 0 Å². The number of phenols is 1. The Morgan fingerprint density at radius 3 is 1.97 bits per heavy atom. The van der Waals surface area contributed by atoms with Gasteiger partial charge in [0.15, 0.2) is 0 Å². The SMILES string of the molecule is Oc1ccc(/C=N/Nc2nc(-c3ccccc3)cc(-c3ccc(C(F)(F)F)cc3)n2)cc1. The highest BCUT2D eigenvalue weighted by Crippen LogP contribution is 2.31. The summed E-state index contributed by atoms with van der Waals surface area (Å²) in [7, 11) is 0. The van der Waals surface area contributed by atoms with E-state index in [9.17, 15) is 18.3 Å². The lowest BCUT2D eigenvalue weighted by molar-refractivity contribution is -0.137. The first-order valence-corrected chi connectivity index (χ1v) is 9.59. The van der Waals surface area contributed by atoms with Gasteiger partial charge in [0.1, 0.15) is 5.75 Å². The number of rotatable bonds is 5. The third kappa shape index (κ3) is 5.10. The average molecular weight is 434 g/mol. The van der Waals surface area contributed by atoms with Crippen LogP contribution in [0.15, 0.2) is 90.0 Å². The van der Waals surface area contributed by atoms with E-state index < -0.39 is 11.7 Å². The van der Waals surface area contributed by atoms with E-state index in [0.717, 1.165) is 23.3 Å². The first kappa shape index (κ1) is 21.0. The Morgan fingerprint density at radius 1 is 0.781 bits per heavy atom. The Bertz CT molecular complexity index is 1220. The lowest BCUT2D eigenvalue weighted by Gasteiger charge is -2.10. The molecule has 0 amide bonds.